The van der Waals surface area contributed by atoms with Crippen molar-refractivity contribution >= 4 is 5.91 Å². The number of benzene rings is 1. The van der Waals surface area contributed by atoms with E-state index in [1.54, 1.807) is 6.07 Å². The normalized spacial score (nSPS) is 15.3. The second-order valence-electron chi connectivity index (χ2n) is 5.50. The maximum atomic E-state index is 12.5. The molecule has 1 aliphatic rings. The molecule has 6 heteroatoms. The number of nitrogens with two attached hydrogens (primary N) is 1. The fraction of sp³-hybridized carbons (Fsp3) is 0.353. The maximum Gasteiger partial charge on any atom is 0.270 e. The van der Waals surface area contributed by atoms with Gasteiger partial charge in [0.05, 0.1) is 5.69 Å². The molecule has 0 radical (unpaired) electrons. The molecule has 0 spiro atoms. The third kappa shape index (κ3) is 3.91. The first-order valence-electron chi connectivity index (χ1n) is 7.78. The van der Waals surface area contributed by atoms with E-state index >= 15 is 0 Å². The summed E-state index contributed by atoms with van der Waals surface area (Å²) in [5.41, 5.74) is 7.58. The van der Waals surface area contributed by atoms with E-state index in [-0.39, 0.29) is 18.5 Å². The number of nitrogens with one attached hydrogen (secondary N) is 1. The van der Waals surface area contributed by atoms with Gasteiger partial charge in [0, 0.05) is 31.4 Å². The zero-order chi connectivity index (χ0) is 16.1. The van der Waals surface area contributed by atoms with E-state index in [4.69, 9.17) is 10.5 Å². The van der Waals surface area contributed by atoms with E-state index < -0.39 is 0 Å². The minimum Gasteiger partial charge on any atom is -0.381 e. The van der Waals surface area contributed by atoms with Crippen molar-refractivity contribution in [2.24, 2.45) is 5.73 Å². The fourth-order valence-electron chi connectivity index (χ4n) is 2.54. The first-order chi connectivity index (χ1) is 11.3. The van der Waals surface area contributed by atoms with Crippen LogP contribution in [0.25, 0.3) is 11.4 Å². The van der Waals surface area contributed by atoms with Crippen molar-refractivity contribution in [1.82, 2.24) is 15.3 Å². The van der Waals surface area contributed by atoms with E-state index in [1.165, 1.54) is 0 Å². The molecule has 3 rings (SSSR count). The Balaban J connectivity index is 1.84. The molecule has 1 aromatic carbocycles. The Morgan fingerprint density at radius 3 is 2.65 bits per heavy atom. The molecule has 3 N–H and O–H groups in total. The fourth-order valence-corrected chi connectivity index (χ4v) is 2.54. The predicted octanol–water partition coefficient (Wildman–Crippen LogP) is 1.51. The van der Waals surface area contributed by atoms with Crippen molar-refractivity contribution in [3.05, 3.63) is 47.8 Å². The van der Waals surface area contributed by atoms with Crippen molar-refractivity contribution in [3.8, 4) is 11.4 Å². The molecule has 120 valence electrons. The van der Waals surface area contributed by atoms with Crippen LogP contribution in [0, 0.1) is 0 Å². The van der Waals surface area contributed by atoms with Gasteiger partial charge in [-0.25, -0.2) is 9.97 Å². The molecule has 6 nitrogen and oxygen atoms in total. The van der Waals surface area contributed by atoms with Crippen LogP contribution >= 0.6 is 0 Å². The Morgan fingerprint density at radius 2 is 1.96 bits per heavy atom. The Kier molecular flexibility index (Phi) is 4.95. The zero-order valence-corrected chi connectivity index (χ0v) is 12.9. The van der Waals surface area contributed by atoms with Gasteiger partial charge in [-0.1, -0.05) is 30.3 Å². The van der Waals surface area contributed by atoms with Gasteiger partial charge in [-0.15, -0.1) is 0 Å². The van der Waals surface area contributed by atoms with Crippen molar-refractivity contribution in [2.45, 2.75) is 25.4 Å². The van der Waals surface area contributed by atoms with E-state index in [2.05, 4.69) is 15.3 Å². The number of ether oxygens (including phenoxy) is 1. The summed E-state index contributed by atoms with van der Waals surface area (Å²) in [5, 5.41) is 3.02. The monoisotopic (exact) mass is 312 g/mol. The van der Waals surface area contributed by atoms with Gasteiger partial charge in [-0.05, 0) is 18.9 Å². The predicted molar refractivity (Wildman–Crippen MR) is 86.7 cm³/mol. The summed E-state index contributed by atoms with van der Waals surface area (Å²) in [6.45, 7) is 1.62. The summed E-state index contributed by atoms with van der Waals surface area (Å²) in [4.78, 5) is 21.3. The van der Waals surface area contributed by atoms with Crippen LogP contribution < -0.4 is 11.1 Å². The van der Waals surface area contributed by atoms with Crippen LogP contribution in [0.1, 0.15) is 29.0 Å². The SMILES string of the molecule is NCc1cc(C(=O)NC2CCOCC2)nc(-c2ccccc2)n1. The van der Waals surface area contributed by atoms with Crippen LogP contribution in [0.2, 0.25) is 0 Å². The molecule has 0 atom stereocenters. The number of rotatable bonds is 4. The van der Waals surface area contributed by atoms with Gasteiger partial charge in [0.25, 0.3) is 5.91 Å². The molecular formula is C17H20N4O2. The lowest BCUT2D eigenvalue weighted by atomic mass is 10.1. The number of nitrogens with zero attached hydrogens (tertiary/aromatic N) is 2. The summed E-state index contributed by atoms with van der Waals surface area (Å²) in [7, 11) is 0. The molecule has 2 heterocycles. The van der Waals surface area contributed by atoms with Crippen LogP contribution in [-0.4, -0.2) is 35.1 Å². The Bertz CT molecular complexity index is 670. The number of carbonyl (C=O) groups excluding carboxylic acids is 1. The highest BCUT2D eigenvalue weighted by atomic mass is 16.5. The van der Waals surface area contributed by atoms with Crippen molar-refractivity contribution < 1.29 is 9.53 Å². The first kappa shape index (κ1) is 15.6. The third-order valence-electron chi connectivity index (χ3n) is 3.81. The molecule has 1 fully saturated rings. The minimum atomic E-state index is -0.189. The van der Waals surface area contributed by atoms with Crippen LogP contribution in [-0.2, 0) is 11.3 Å². The molecule has 1 aliphatic heterocycles. The summed E-state index contributed by atoms with van der Waals surface area (Å²) in [6.07, 6.45) is 1.65. The second-order valence-corrected chi connectivity index (χ2v) is 5.50. The Morgan fingerprint density at radius 1 is 1.22 bits per heavy atom. The van der Waals surface area contributed by atoms with Gasteiger partial charge in [0.15, 0.2) is 5.82 Å². The highest BCUT2D eigenvalue weighted by Crippen LogP contribution is 2.16. The lowest BCUT2D eigenvalue weighted by Gasteiger charge is -2.23. The summed E-state index contributed by atoms with van der Waals surface area (Å²) in [6, 6.07) is 11.4. The van der Waals surface area contributed by atoms with Crippen molar-refractivity contribution in [1.29, 1.82) is 0 Å². The van der Waals surface area contributed by atoms with Crippen LogP contribution in [0.15, 0.2) is 36.4 Å². The number of amides is 1. The lowest BCUT2D eigenvalue weighted by Crippen LogP contribution is -2.39. The molecule has 0 unspecified atom stereocenters. The summed E-state index contributed by atoms with van der Waals surface area (Å²) < 4.78 is 5.31. The highest BCUT2D eigenvalue weighted by molar-refractivity contribution is 5.93. The van der Waals surface area contributed by atoms with Gasteiger partial charge < -0.3 is 15.8 Å². The standard InChI is InChI=1S/C17H20N4O2/c18-11-14-10-15(17(22)20-13-6-8-23-9-7-13)21-16(19-14)12-4-2-1-3-5-12/h1-5,10,13H,6-9,11,18H2,(H,20,22). The van der Waals surface area contributed by atoms with Crippen molar-refractivity contribution in [3.63, 3.8) is 0 Å². The quantitative estimate of drug-likeness (QED) is 0.893. The van der Waals surface area contributed by atoms with Gasteiger partial charge >= 0.3 is 0 Å². The van der Waals surface area contributed by atoms with Crippen LogP contribution in [0.5, 0.6) is 0 Å². The number of carbonyl (C=O) groups is 1. The third-order valence-corrected chi connectivity index (χ3v) is 3.81. The molecule has 0 aliphatic carbocycles. The lowest BCUT2D eigenvalue weighted by molar-refractivity contribution is 0.0694. The van der Waals surface area contributed by atoms with E-state index in [0.717, 1.165) is 18.4 Å². The minimum absolute atomic E-state index is 0.132. The molecule has 23 heavy (non-hydrogen) atoms. The van der Waals surface area contributed by atoms with E-state index in [0.29, 0.717) is 30.4 Å². The molecule has 2 aromatic rings. The molecule has 1 saturated heterocycles. The molecular weight excluding hydrogens is 292 g/mol. The largest absolute Gasteiger partial charge is 0.381 e. The molecule has 0 saturated carbocycles. The van der Waals surface area contributed by atoms with Gasteiger partial charge in [-0.2, -0.15) is 0 Å². The van der Waals surface area contributed by atoms with Gasteiger partial charge in [0.1, 0.15) is 5.69 Å². The highest BCUT2D eigenvalue weighted by Gasteiger charge is 2.19. The van der Waals surface area contributed by atoms with Gasteiger partial charge in [0.2, 0.25) is 0 Å². The van der Waals surface area contributed by atoms with Crippen molar-refractivity contribution in [2.75, 3.05) is 13.2 Å². The Hall–Kier alpha value is -2.31. The van der Waals surface area contributed by atoms with E-state index in [1.807, 2.05) is 30.3 Å². The topological polar surface area (TPSA) is 90.1 Å². The smallest absolute Gasteiger partial charge is 0.270 e. The summed E-state index contributed by atoms with van der Waals surface area (Å²) >= 11 is 0. The Labute approximate surface area is 135 Å². The van der Waals surface area contributed by atoms with E-state index in [9.17, 15) is 4.79 Å². The number of aromatic nitrogens is 2. The average Bonchev–Trinajstić information content (AvgIpc) is 2.63. The molecule has 1 amide bonds. The molecule has 0 bridgehead atoms. The second kappa shape index (κ2) is 7.30. The summed E-state index contributed by atoms with van der Waals surface area (Å²) in [5.74, 6) is 0.330. The number of hydrogen-bond donors (Lipinski definition) is 2. The van der Waals surface area contributed by atoms with Gasteiger partial charge in [-0.3, -0.25) is 4.79 Å². The van der Waals surface area contributed by atoms with Crippen LogP contribution in [0.3, 0.4) is 0 Å². The first-order valence-corrected chi connectivity index (χ1v) is 7.78. The van der Waals surface area contributed by atoms with Crippen LogP contribution in [0.4, 0.5) is 0 Å². The maximum absolute atomic E-state index is 12.5. The number of hydrogen-bond acceptors (Lipinski definition) is 5. The average molecular weight is 312 g/mol. The zero-order valence-electron chi connectivity index (χ0n) is 12.9. The molecule has 1 aromatic heterocycles.